The van der Waals surface area contributed by atoms with E-state index in [0.29, 0.717) is 5.75 Å². The SMILES string of the molecule is Oc1cc2c(cc1I)c1ccccc1n2-c1ccc(-c2ccccc2)cc1. The second kappa shape index (κ2) is 6.43. The molecule has 1 N–H and O–H groups in total. The van der Waals surface area contributed by atoms with Gasteiger partial charge in [0.05, 0.1) is 14.6 Å². The standard InChI is InChI=1S/C24H16INO/c25-21-14-20-19-8-4-5-9-22(19)26(23(20)15-24(21)27)18-12-10-17(11-13-18)16-6-2-1-3-7-16/h1-15,27H. The number of phenolic OH excluding ortho intramolecular Hbond substituents is 1. The molecule has 0 saturated carbocycles. The van der Waals surface area contributed by atoms with E-state index in [1.807, 2.05) is 12.1 Å². The van der Waals surface area contributed by atoms with Gasteiger partial charge < -0.3 is 9.67 Å². The monoisotopic (exact) mass is 461 g/mol. The molecular formula is C24H16INO. The van der Waals surface area contributed by atoms with Crippen molar-refractivity contribution in [3.8, 4) is 22.6 Å². The zero-order valence-corrected chi connectivity index (χ0v) is 16.6. The fourth-order valence-electron chi connectivity index (χ4n) is 3.69. The van der Waals surface area contributed by atoms with Crippen LogP contribution < -0.4 is 0 Å². The predicted octanol–water partition coefficient (Wildman–Crippen LogP) is 6.76. The van der Waals surface area contributed by atoms with Gasteiger partial charge in [-0.25, -0.2) is 0 Å². The van der Waals surface area contributed by atoms with Gasteiger partial charge in [0.2, 0.25) is 0 Å². The summed E-state index contributed by atoms with van der Waals surface area (Å²) >= 11 is 2.18. The largest absolute Gasteiger partial charge is 0.507 e. The zero-order chi connectivity index (χ0) is 18.4. The number of hydrogen-bond donors (Lipinski definition) is 1. The van der Waals surface area contributed by atoms with Gasteiger partial charge in [0.1, 0.15) is 5.75 Å². The molecule has 0 bridgehead atoms. The summed E-state index contributed by atoms with van der Waals surface area (Å²) in [7, 11) is 0. The van der Waals surface area contributed by atoms with Crippen LogP contribution in [-0.2, 0) is 0 Å². The van der Waals surface area contributed by atoms with Gasteiger partial charge in [0.15, 0.2) is 0 Å². The zero-order valence-electron chi connectivity index (χ0n) is 14.4. The Hall–Kier alpha value is -2.79. The number of hydrogen-bond acceptors (Lipinski definition) is 1. The van der Waals surface area contributed by atoms with E-state index in [0.717, 1.165) is 25.7 Å². The third kappa shape index (κ3) is 2.70. The fraction of sp³-hybridized carbons (Fsp3) is 0. The van der Waals surface area contributed by atoms with Crippen molar-refractivity contribution in [3.63, 3.8) is 0 Å². The van der Waals surface area contributed by atoms with Crippen molar-refractivity contribution in [2.24, 2.45) is 0 Å². The normalized spacial score (nSPS) is 11.3. The van der Waals surface area contributed by atoms with Crippen LogP contribution in [0.5, 0.6) is 5.75 Å². The molecule has 0 saturated heterocycles. The van der Waals surface area contributed by atoms with E-state index >= 15 is 0 Å². The number of aromatic hydroxyl groups is 1. The minimum Gasteiger partial charge on any atom is -0.507 e. The third-order valence-electron chi connectivity index (χ3n) is 4.97. The summed E-state index contributed by atoms with van der Waals surface area (Å²) < 4.78 is 3.08. The van der Waals surface area contributed by atoms with Crippen molar-refractivity contribution < 1.29 is 5.11 Å². The molecule has 0 amide bonds. The van der Waals surface area contributed by atoms with E-state index in [2.05, 4.69) is 106 Å². The average Bonchev–Trinajstić information content (AvgIpc) is 3.02. The van der Waals surface area contributed by atoms with Crippen LogP contribution in [0.1, 0.15) is 0 Å². The number of halogens is 1. The Kier molecular flexibility index (Phi) is 3.90. The molecule has 0 aliphatic rings. The highest BCUT2D eigenvalue weighted by molar-refractivity contribution is 14.1. The van der Waals surface area contributed by atoms with E-state index in [9.17, 15) is 5.11 Å². The molecule has 3 heteroatoms. The molecule has 1 heterocycles. The van der Waals surface area contributed by atoms with Crippen molar-refractivity contribution in [2.45, 2.75) is 0 Å². The van der Waals surface area contributed by atoms with Crippen molar-refractivity contribution in [1.29, 1.82) is 0 Å². The number of rotatable bonds is 2. The average molecular weight is 461 g/mol. The lowest BCUT2D eigenvalue weighted by Crippen LogP contribution is -1.93. The van der Waals surface area contributed by atoms with Gasteiger partial charge in [0.25, 0.3) is 0 Å². The Bertz CT molecular complexity index is 1270. The van der Waals surface area contributed by atoms with Crippen molar-refractivity contribution >= 4 is 44.4 Å². The summed E-state index contributed by atoms with van der Waals surface area (Å²) in [6.45, 7) is 0. The maximum absolute atomic E-state index is 10.3. The Morgan fingerprint density at radius 2 is 1.30 bits per heavy atom. The second-order valence-corrected chi connectivity index (χ2v) is 7.75. The summed E-state index contributed by atoms with van der Waals surface area (Å²) in [5.74, 6) is 0.313. The number of aromatic nitrogens is 1. The summed E-state index contributed by atoms with van der Waals surface area (Å²) in [5.41, 5.74) is 5.64. The first-order valence-electron chi connectivity index (χ1n) is 8.80. The molecule has 1 aromatic heterocycles. The molecule has 0 aliphatic heterocycles. The summed E-state index contributed by atoms with van der Waals surface area (Å²) in [5, 5.41) is 12.6. The number of para-hydroxylation sites is 1. The van der Waals surface area contributed by atoms with E-state index in [1.54, 1.807) is 0 Å². The highest BCUT2D eigenvalue weighted by Crippen LogP contribution is 2.36. The van der Waals surface area contributed by atoms with Crippen LogP contribution in [0.3, 0.4) is 0 Å². The molecule has 0 spiro atoms. The second-order valence-electron chi connectivity index (χ2n) is 6.59. The maximum Gasteiger partial charge on any atom is 0.131 e. The number of phenols is 1. The van der Waals surface area contributed by atoms with Crippen molar-refractivity contribution in [1.82, 2.24) is 4.57 Å². The van der Waals surface area contributed by atoms with Gasteiger partial charge in [-0.2, -0.15) is 0 Å². The van der Waals surface area contributed by atoms with Gasteiger partial charge in [-0.1, -0.05) is 60.7 Å². The lowest BCUT2D eigenvalue weighted by atomic mass is 10.1. The van der Waals surface area contributed by atoms with Gasteiger partial charge in [-0.05, 0) is 58.0 Å². The Balaban J connectivity index is 1.75. The predicted molar refractivity (Wildman–Crippen MR) is 121 cm³/mol. The van der Waals surface area contributed by atoms with Gasteiger partial charge in [-0.15, -0.1) is 0 Å². The maximum atomic E-state index is 10.3. The fourth-order valence-corrected chi connectivity index (χ4v) is 4.16. The van der Waals surface area contributed by atoms with Gasteiger partial charge >= 0.3 is 0 Å². The molecule has 5 aromatic rings. The molecule has 0 unspecified atom stereocenters. The molecule has 4 aromatic carbocycles. The Morgan fingerprint density at radius 1 is 0.630 bits per heavy atom. The molecular weight excluding hydrogens is 445 g/mol. The summed E-state index contributed by atoms with van der Waals surface area (Å²) in [6, 6.07) is 31.3. The van der Waals surface area contributed by atoms with Crippen LogP contribution >= 0.6 is 22.6 Å². The minimum absolute atomic E-state index is 0.313. The molecule has 2 nitrogen and oxygen atoms in total. The van der Waals surface area contributed by atoms with E-state index in [-0.39, 0.29) is 0 Å². The lowest BCUT2D eigenvalue weighted by Gasteiger charge is -2.10. The first kappa shape index (κ1) is 16.4. The van der Waals surface area contributed by atoms with E-state index < -0.39 is 0 Å². The van der Waals surface area contributed by atoms with Crippen molar-refractivity contribution in [3.05, 3.63) is 94.6 Å². The number of nitrogens with zero attached hydrogens (tertiary/aromatic N) is 1. The van der Waals surface area contributed by atoms with Crippen LogP contribution in [0.4, 0.5) is 0 Å². The van der Waals surface area contributed by atoms with Crippen LogP contribution in [0.2, 0.25) is 0 Å². The summed E-state index contributed by atoms with van der Waals surface area (Å²) in [4.78, 5) is 0. The van der Waals surface area contributed by atoms with Crippen LogP contribution in [-0.4, -0.2) is 9.67 Å². The number of benzene rings is 4. The van der Waals surface area contributed by atoms with Crippen LogP contribution in [0.25, 0.3) is 38.6 Å². The van der Waals surface area contributed by atoms with Gasteiger partial charge in [0, 0.05) is 22.5 Å². The smallest absolute Gasteiger partial charge is 0.131 e. The van der Waals surface area contributed by atoms with E-state index in [1.165, 1.54) is 16.5 Å². The molecule has 5 rings (SSSR count). The Morgan fingerprint density at radius 3 is 2.07 bits per heavy atom. The van der Waals surface area contributed by atoms with Crippen LogP contribution in [0, 0.1) is 3.57 Å². The molecule has 0 fully saturated rings. The Labute approximate surface area is 170 Å². The van der Waals surface area contributed by atoms with E-state index in [4.69, 9.17) is 0 Å². The molecule has 0 aliphatic carbocycles. The topological polar surface area (TPSA) is 25.2 Å². The third-order valence-corrected chi connectivity index (χ3v) is 5.84. The molecule has 0 atom stereocenters. The lowest BCUT2D eigenvalue weighted by molar-refractivity contribution is 0.472. The van der Waals surface area contributed by atoms with Crippen molar-refractivity contribution in [2.75, 3.05) is 0 Å². The first-order chi connectivity index (χ1) is 13.2. The molecule has 0 radical (unpaired) electrons. The summed E-state index contributed by atoms with van der Waals surface area (Å²) in [6.07, 6.45) is 0. The van der Waals surface area contributed by atoms with Crippen LogP contribution in [0.15, 0.2) is 91.0 Å². The highest BCUT2D eigenvalue weighted by Gasteiger charge is 2.14. The first-order valence-corrected chi connectivity index (χ1v) is 9.88. The minimum atomic E-state index is 0.313. The highest BCUT2D eigenvalue weighted by atomic mass is 127. The number of fused-ring (bicyclic) bond motifs is 3. The van der Waals surface area contributed by atoms with Gasteiger partial charge in [-0.3, -0.25) is 0 Å². The molecule has 27 heavy (non-hydrogen) atoms. The quantitative estimate of drug-likeness (QED) is 0.289. The molecule has 130 valence electrons.